The summed E-state index contributed by atoms with van der Waals surface area (Å²) in [4.78, 5) is 32.5. The van der Waals surface area contributed by atoms with Gasteiger partial charge in [0.15, 0.2) is 0 Å². The van der Waals surface area contributed by atoms with Crippen LogP contribution in [0.4, 0.5) is 4.39 Å². The number of aliphatic hydroxyl groups excluding tert-OH is 2. The molecule has 3 rings (SSSR count). The van der Waals surface area contributed by atoms with E-state index in [2.05, 4.69) is 15.3 Å². The molecule has 0 fully saturated rings. The summed E-state index contributed by atoms with van der Waals surface area (Å²) in [7, 11) is 0. The molecule has 11 heteroatoms. The normalized spacial score (nSPS) is 12.6. The van der Waals surface area contributed by atoms with Crippen LogP contribution in [0.25, 0.3) is 11.4 Å². The number of carbonyl (C=O) groups excluding carboxylic acids is 2. The minimum Gasteiger partial charge on any atom is -0.550 e. The van der Waals surface area contributed by atoms with Crippen LogP contribution in [0.15, 0.2) is 48.8 Å². The summed E-state index contributed by atoms with van der Waals surface area (Å²) in [6.45, 7) is 4.50. The number of imidazole rings is 1. The van der Waals surface area contributed by atoms with Gasteiger partial charge in [-0.2, -0.15) is 0 Å². The van der Waals surface area contributed by atoms with Gasteiger partial charge in [0.2, 0.25) is 0 Å². The second-order valence-corrected chi connectivity index (χ2v) is 9.25. The number of nitrogens with zero attached hydrogens (tertiary/aromatic N) is 3. The molecule has 0 radical (unpaired) electrons. The number of carboxylic acid groups (broad SMARTS) is 1. The maximum absolute atomic E-state index is 13.6. The zero-order chi connectivity index (χ0) is 26.9. The number of aliphatic carboxylic acids is 1. The number of rotatable bonds is 13. The Bertz CT molecular complexity index is 1190. The van der Waals surface area contributed by atoms with Crippen molar-refractivity contribution in [3.8, 4) is 11.4 Å². The Hall–Kier alpha value is -2.63. The Morgan fingerprint density at radius 3 is 2.34 bits per heavy atom. The molecule has 0 saturated heterocycles. The molecular weight excluding hydrogens is 502 g/mol. The van der Waals surface area contributed by atoms with Crippen molar-refractivity contribution in [1.29, 1.82) is 0 Å². The summed E-state index contributed by atoms with van der Waals surface area (Å²) in [5, 5.41) is 33.9. The molecule has 2 atom stereocenters. The molecule has 0 aliphatic carbocycles. The van der Waals surface area contributed by atoms with Crippen molar-refractivity contribution in [2.24, 2.45) is 0 Å². The number of amides is 1. The Morgan fingerprint density at radius 1 is 1.08 bits per heavy atom. The third kappa shape index (κ3) is 8.99. The maximum Gasteiger partial charge on any atom is 1.00 e. The fourth-order valence-electron chi connectivity index (χ4n) is 4.20. The molecule has 0 bridgehead atoms. The summed E-state index contributed by atoms with van der Waals surface area (Å²) >= 11 is 0. The van der Waals surface area contributed by atoms with Crippen LogP contribution in [0.5, 0.6) is 0 Å². The molecule has 0 unspecified atom stereocenters. The van der Waals surface area contributed by atoms with Crippen LogP contribution < -0.4 is 40.0 Å². The topological polar surface area (TPSA) is 140 Å². The number of aliphatic hydroxyl groups is 2. The van der Waals surface area contributed by atoms with Crippen molar-refractivity contribution in [3.05, 3.63) is 71.6 Å². The zero-order valence-electron chi connectivity index (χ0n) is 21.9. The third-order valence-electron chi connectivity index (χ3n) is 5.95. The summed E-state index contributed by atoms with van der Waals surface area (Å²) in [6.07, 6.45) is 1.26. The summed E-state index contributed by atoms with van der Waals surface area (Å²) in [5.41, 5.74) is 2.54. The van der Waals surface area contributed by atoms with Gasteiger partial charge >= 0.3 is 29.6 Å². The van der Waals surface area contributed by atoms with Crippen molar-refractivity contribution in [3.63, 3.8) is 0 Å². The molecule has 9 nitrogen and oxygen atoms in total. The number of carboxylic acids is 1. The zero-order valence-corrected chi connectivity index (χ0v) is 23.9. The molecule has 198 valence electrons. The Kier molecular flexibility index (Phi) is 12.5. The van der Waals surface area contributed by atoms with Gasteiger partial charge in [-0.15, -0.1) is 0 Å². The monoisotopic (exact) mass is 534 g/mol. The number of benzene rings is 1. The van der Waals surface area contributed by atoms with E-state index in [9.17, 15) is 29.3 Å². The van der Waals surface area contributed by atoms with Crippen molar-refractivity contribution < 1.29 is 58.9 Å². The Morgan fingerprint density at radius 2 is 1.74 bits per heavy atom. The average Bonchev–Trinajstić information content (AvgIpc) is 3.23. The van der Waals surface area contributed by atoms with Gasteiger partial charge in [0.1, 0.15) is 17.3 Å². The fraction of sp³-hybridized carbons (Fsp3) is 0.407. The van der Waals surface area contributed by atoms with E-state index in [0.717, 1.165) is 5.56 Å². The first-order chi connectivity index (χ1) is 17.7. The van der Waals surface area contributed by atoms with Gasteiger partial charge in [0, 0.05) is 43.4 Å². The molecule has 0 spiro atoms. The van der Waals surface area contributed by atoms with Gasteiger partial charge in [-0.3, -0.25) is 9.78 Å². The molecule has 3 N–H and O–H groups in total. The molecule has 0 saturated carbocycles. The van der Waals surface area contributed by atoms with Gasteiger partial charge in [-0.25, -0.2) is 9.37 Å². The molecule has 3 aromatic rings. The van der Waals surface area contributed by atoms with Gasteiger partial charge in [-0.05, 0) is 67.1 Å². The predicted molar refractivity (Wildman–Crippen MR) is 133 cm³/mol. The first kappa shape index (κ1) is 31.6. The Labute approximate surface area is 243 Å². The number of hydrogen-bond acceptors (Lipinski definition) is 7. The van der Waals surface area contributed by atoms with E-state index < -0.39 is 30.4 Å². The summed E-state index contributed by atoms with van der Waals surface area (Å²) < 4.78 is 15.4. The summed E-state index contributed by atoms with van der Waals surface area (Å²) in [6, 6.07) is 9.52. The van der Waals surface area contributed by atoms with E-state index in [1.807, 2.05) is 30.5 Å². The minimum atomic E-state index is -1.39. The van der Waals surface area contributed by atoms with Crippen LogP contribution in [0.1, 0.15) is 60.8 Å². The van der Waals surface area contributed by atoms with Crippen LogP contribution >= 0.6 is 0 Å². The van der Waals surface area contributed by atoms with Gasteiger partial charge < -0.3 is 30.0 Å². The van der Waals surface area contributed by atoms with E-state index in [1.54, 1.807) is 24.5 Å². The average molecular weight is 535 g/mol. The Balaban J connectivity index is 0.00000507. The van der Waals surface area contributed by atoms with Crippen LogP contribution in [0.3, 0.4) is 0 Å². The molecule has 1 amide bonds. The third-order valence-corrected chi connectivity index (χ3v) is 5.95. The maximum atomic E-state index is 13.6. The smallest absolute Gasteiger partial charge is 0.550 e. The first-order valence-corrected chi connectivity index (χ1v) is 12.2. The number of nitrogens with one attached hydrogen (secondary N) is 1. The van der Waals surface area contributed by atoms with Gasteiger partial charge in [-0.1, -0.05) is 13.8 Å². The van der Waals surface area contributed by atoms with E-state index in [1.165, 1.54) is 12.1 Å². The minimum absolute atomic E-state index is 0. The number of aromatic nitrogens is 3. The first-order valence-electron chi connectivity index (χ1n) is 12.2. The molecule has 0 aliphatic heterocycles. The second kappa shape index (κ2) is 15.1. The summed E-state index contributed by atoms with van der Waals surface area (Å²) in [5.74, 6) is -1.80. The van der Waals surface area contributed by atoms with Crippen molar-refractivity contribution >= 4 is 11.9 Å². The number of hydrogen-bond donors (Lipinski definition) is 3. The predicted octanol–water partition coefficient (Wildman–Crippen LogP) is -1.17. The van der Waals surface area contributed by atoms with E-state index in [0.29, 0.717) is 30.0 Å². The van der Waals surface area contributed by atoms with Crippen LogP contribution in [0.2, 0.25) is 0 Å². The van der Waals surface area contributed by atoms with Gasteiger partial charge in [0.05, 0.1) is 17.9 Å². The van der Waals surface area contributed by atoms with Crippen LogP contribution in [-0.4, -0.2) is 55.4 Å². The standard InChI is InChI=1S/C27H33FN4O5.Na/c1-17(2)25-24(27(37)30-13-9-18-7-11-29-12-8-18)31-26(19-3-5-20(28)6-4-19)32(25)14-10-21(33)15-22(34)16-23(35)36;/h3-8,11-12,17,21-22,33-34H,9-10,13-16H2,1-2H3,(H,30,37)(H,35,36);/q;+1/p-1/t21-,22-;/m1./s1. The number of carbonyl (C=O) groups is 2. The molecule has 2 aromatic heterocycles. The number of halogens is 1. The van der Waals surface area contributed by atoms with E-state index in [4.69, 9.17) is 0 Å². The van der Waals surface area contributed by atoms with E-state index in [-0.39, 0.29) is 66.5 Å². The molecule has 2 heterocycles. The van der Waals surface area contributed by atoms with Crippen LogP contribution in [0, 0.1) is 5.82 Å². The largest absolute Gasteiger partial charge is 1.00 e. The van der Waals surface area contributed by atoms with Crippen molar-refractivity contribution in [2.75, 3.05) is 6.54 Å². The van der Waals surface area contributed by atoms with Crippen molar-refractivity contribution in [1.82, 2.24) is 19.9 Å². The quantitative estimate of drug-likeness (QED) is 0.235. The SMILES string of the molecule is CC(C)c1c(C(=O)NCCc2ccncc2)nc(-c2ccc(F)cc2)n1CC[C@@H](O)C[C@@H](O)CC(=O)[O-].[Na+]. The molecule has 0 aliphatic rings. The van der Waals surface area contributed by atoms with Gasteiger partial charge in [0.25, 0.3) is 5.91 Å². The number of pyridine rings is 1. The molecule has 38 heavy (non-hydrogen) atoms. The molecular formula is C27H32FN4NaO5. The van der Waals surface area contributed by atoms with Crippen molar-refractivity contribution in [2.45, 2.75) is 64.2 Å². The second-order valence-electron chi connectivity index (χ2n) is 9.25. The fourth-order valence-corrected chi connectivity index (χ4v) is 4.20. The molecule has 1 aromatic carbocycles. The van der Waals surface area contributed by atoms with E-state index >= 15 is 0 Å². The van der Waals surface area contributed by atoms with Crippen LogP contribution in [-0.2, 0) is 17.8 Å².